The van der Waals surface area contributed by atoms with Gasteiger partial charge >= 0.3 is 0 Å². The molecular formula is C17H13Cl2N5S. The molecule has 4 aromatic rings. The average Bonchev–Trinajstić information content (AvgIpc) is 3.20. The second-order valence-electron chi connectivity index (χ2n) is 5.62. The number of imidazole rings is 1. The van der Waals surface area contributed by atoms with E-state index in [9.17, 15) is 0 Å². The summed E-state index contributed by atoms with van der Waals surface area (Å²) < 4.78 is 1.85. The van der Waals surface area contributed by atoms with Gasteiger partial charge in [0.05, 0.1) is 17.7 Å². The minimum Gasteiger partial charge on any atom is -0.333 e. The molecule has 3 heterocycles. The molecule has 0 fully saturated rings. The molecular weight excluding hydrogens is 377 g/mol. The number of hydrogen-bond donors (Lipinski definition) is 2. The molecule has 0 bridgehead atoms. The summed E-state index contributed by atoms with van der Waals surface area (Å²) in [5.74, 6) is 0.730. The Hall–Kier alpha value is -2.15. The molecule has 3 aromatic heterocycles. The van der Waals surface area contributed by atoms with Gasteiger partial charge < -0.3 is 9.55 Å². The Morgan fingerprint density at radius 2 is 1.96 bits per heavy atom. The number of halogens is 2. The van der Waals surface area contributed by atoms with Crippen LogP contribution >= 0.6 is 34.5 Å². The Morgan fingerprint density at radius 3 is 2.64 bits per heavy atom. The lowest BCUT2D eigenvalue weighted by molar-refractivity contribution is 0.784. The Labute approximate surface area is 157 Å². The number of H-pyrrole nitrogens is 1. The predicted molar refractivity (Wildman–Crippen MR) is 101 cm³/mol. The van der Waals surface area contributed by atoms with E-state index in [-0.39, 0.29) is 5.49 Å². The van der Waals surface area contributed by atoms with Crippen LogP contribution in [0.5, 0.6) is 0 Å². The highest BCUT2D eigenvalue weighted by molar-refractivity contribution is 7.15. The molecule has 0 saturated carbocycles. The molecule has 0 aliphatic rings. The molecule has 25 heavy (non-hydrogen) atoms. The van der Waals surface area contributed by atoms with E-state index in [1.165, 1.54) is 4.88 Å². The first kappa shape index (κ1) is 16.3. The molecule has 5 nitrogen and oxygen atoms in total. The first-order chi connectivity index (χ1) is 12.0. The van der Waals surface area contributed by atoms with Gasteiger partial charge in [-0.1, -0.05) is 29.3 Å². The molecule has 0 radical (unpaired) electrons. The highest BCUT2D eigenvalue weighted by Crippen LogP contribution is 2.28. The van der Waals surface area contributed by atoms with Crippen LogP contribution in [0.1, 0.15) is 10.4 Å². The maximum absolute atomic E-state index is 8.06. The van der Waals surface area contributed by atoms with E-state index in [4.69, 9.17) is 28.6 Å². The zero-order valence-electron chi connectivity index (χ0n) is 13.2. The van der Waals surface area contributed by atoms with Crippen molar-refractivity contribution in [3.05, 3.63) is 62.6 Å². The summed E-state index contributed by atoms with van der Waals surface area (Å²) >= 11 is 14.2. The van der Waals surface area contributed by atoms with Gasteiger partial charge in [-0.3, -0.25) is 5.41 Å². The van der Waals surface area contributed by atoms with Crippen molar-refractivity contribution >= 4 is 45.7 Å². The van der Waals surface area contributed by atoms with Gasteiger partial charge in [0, 0.05) is 20.5 Å². The van der Waals surface area contributed by atoms with Crippen molar-refractivity contribution in [2.75, 3.05) is 0 Å². The third-order valence-electron chi connectivity index (χ3n) is 3.88. The topological polar surface area (TPSA) is 70.3 Å². The first-order valence-electron chi connectivity index (χ1n) is 7.52. The monoisotopic (exact) mass is 389 g/mol. The smallest absolute Gasteiger partial charge is 0.173 e. The third kappa shape index (κ3) is 2.97. The van der Waals surface area contributed by atoms with Gasteiger partial charge in [0.1, 0.15) is 5.52 Å². The summed E-state index contributed by atoms with van der Waals surface area (Å²) in [7, 11) is 0. The molecule has 0 amide bonds. The Morgan fingerprint density at radius 1 is 1.20 bits per heavy atom. The van der Waals surface area contributed by atoms with Crippen LogP contribution in [-0.4, -0.2) is 19.5 Å². The largest absolute Gasteiger partial charge is 0.333 e. The molecule has 2 N–H and O–H groups in total. The summed E-state index contributed by atoms with van der Waals surface area (Å²) in [5, 5.41) is 9.24. The van der Waals surface area contributed by atoms with Crippen LogP contribution in [0.25, 0.3) is 21.9 Å². The highest BCUT2D eigenvalue weighted by atomic mass is 35.5. The highest BCUT2D eigenvalue weighted by Gasteiger charge is 2.14. The minimum atomic E-state index is 0.156. The van der Waals surface area contributed by atoms with Crippen LogP contribution < -0.4 is 5.49 Å². The van der Waals surface area contributed by atoms with Gasteiger partial charge in [-0.25, -0.2) is 9.97 Å². The maximum Gasteiger partial charge on any atom is 0.173 e. The normalized spacial score (nSPS) is 11.3. The summed E-state index contributed by atoms with van der Waals surface area (Å²) in [4.78, 5) is 14.3. The number of aromatic nitrogens is 4. The molecule has 0 aliphatic carbocycles. The lowest BCUT2D eigenvalue weighted by Crippen LogP contribution is -2.13. The summed E-state index contributed by atoms with van der Waals surface area (Å²) in [5.41, 5.74) is 2.19. The predicted octanol–water partition coefficient (Wildman–Crippen LogP) is 4.63. The van der Waals surface area contributed by atoms with Gasteiger partial charge in [0.15, 0.2) is 17.0 Å². The second kappa shape index (κ2) is 6.29. The SMILES string of the molecule is Cc1ccc(-c2nc3c([nH]2)c(=N)ncn3Cc2c(Cl)cccc2Cl)s1. The summed E-state index contributed by atoms with van der Waals surface area (Å²) in [6.45, 7) is 2.48. The second-order valence-corrected chi connectivity index (χ2v) is 7.72. The maximum atomic E-state index is 8.06. The number of aryl methyl sites for hydroxylation is 1. The van der Waals surface area contributed by atoms with Crippen molar-refractivity contribution in [1.82, 2.24) is 19.5 Å². The number of hydrogen-bond acceptors (Lipinski definition) is 4. The number of nitrogens with zero attached hydrogens (tertiary/aromatic N) is 3. The van der Waals surface area contributed by atoms with Gasteiger partial charge in [0.25, 0.3) is 0 Å². The fourth-order valence-corrected chi connectivity index (χ4v) is 3.96. The van der Waals surface area contributed by atoms with E-state index in [0.29, 0.717) is 27.8 Å². The molecule has 8 heteroatoms. The van der Waals surface area contributed by atoms with E-state index < -0.39 is 0 Å². The zero-order valence-corrected chi connectivity index (χ0v) is 15.5. The lowest BCUT2D eigenvalue weighted by atomic mass is 10.2. The van der Waals surface area contributed by atoms with Crippen molar-refractivity contribution in [2.24, 2.45) is 0 Å². The summed E-state index contributed by atoms with van der Waals surface area (Å²) in [6.07, 6.45) is 1.59. The van der Waals surface area contributed by atoms with E-state index in [2.05, 4.69) is 15.0 Å². The van der Waals surface area contributed by atoms with Crippen LogP contribution in [0.4, 0.5) is 0 Å². The first-order valence-corrected chi connectivity index (χ1v) is 9.09. The Bertz CT molecular complexity index is 1120. The van der Waals surface area contributed by atoms with Crippen molar-refractivity contribution in [2.45, 2.75) is 13.5 Å². The van der Waals surface area contributed by atoms with Crippen LogP contribution in [0.2, 0.25) is 10.0 Å². The molecule has 0 aliphatic heterocycles. The number of benzene rings is 1. The van der Waals surface area contributed by atoms with Crippen LogP contribution in [0, 0.1) is 12.3 Å². The average molecular weight is 390 g/mol. The summed E-state index contributed by atoms with van der Waals surface area (Å²) in [6, 6.07) is 9.48. The standard InChI is InChI=1S/C17H13Cl2N5S/c1-9-5-6-13(25-9)16-22-14-15(20)21-8-24(17(14)23-16)7-10-11(18)3-2-4-12(10)19/h2-6,8,20H,7H2,1H3,(H,22,23). The molecule has 0 saturated heterocycles. The Balaban J connectivity index is 1.86. The van der Waals surface area contributed by atoms with E-state index in [1.807, 2.05) is 29.7 Å². The van der Waals surface area contributed by atoms with E-state index in [1.54, 1.807) is 29.8 Å². The van der Waals surface area contributed by atoms with Crippen LogP contribution in [0.3, 0.4) is 0 Å². The number of thiophene rings is 1. The number of aromatic amines is 1. The van der Waals surface area contributed by atoms with Gasteiger partial charge in [-0.05, 0) is 31.2 Å². The minimum absolute atomic E-state index is 0.156. The van der Waals surface area contributed by atoms with Crippen molar-refractivity contribution in [1.29, 1.82) is 5.41 Å². The molecule has 0 spiro atoms. The van der Waals surface area contributed by atoms with Crippen molar-refractivity contribution < 1.29 is 0 Å². The fourth-order valence-electron chi connectivity index (χ4n) is 2.63. The quantitative estimate of drug-likeness (QED) is 0.535. The van der Waals surface area contributed by atoms with Gasteiger partial charge in [-0.15, -0.1) is 11.3 Å². The van der Waals surface area contributed by atoms with Gasteiger partial charge in [-0.2, -0.15) is 0 Å². The molecule has 4 rings (SSSR count). The third-order valence-corrected chi connectivity index (χ3v) is 5.60. The van der Waals surface area contributed by atoms with E-state index in [0.717, 1.165) is 16.3 Å². The fraction of sp³-hybridized carbons (Fsp3) is 0.118. The van der Waals surface area contributed by atoms with Crippen molar-refractivity contribution in [3.63, 3.8) is 0 Å². The number of nitrogens with one attached hydrogen (secondary N) is 2. The Kier molecular flexibility index (Phi) is 4.11. The lowest BCUT2D eigenvalue weighted by Gasteiger charge is -2.10. The van der Waals surface area contributed by atoms with E-state index >= 15 is 0 Å². The van der Waals surface area contributed by atoms with Crippen molar-refractivity contribution in [3.8, 4) is 10.7 Å². The van der Waals surface area contributed by atoms with Crippen LogP contribution in [0.15, 0.2) is 36.7 Å². The van der Waals surface area contributed by atoms with Gasteiger partial charge in [0.2, 0.25) is 0 Å². The molecule has 1 aromatic carbocycles. The molecule has 126 valence electrons. The number of rotatable bonds is 3. The number of fused-ring (bicyclic) bond motifs is 1. The molecule has 0 atom stereocenters. The molecule has 0 unspecified atom stereocenters. The van der Waals surface area contributed by atoms with Crippen LogP contribution in [-0.2, 0) is 6.54 Å². The zero-order chi connectivity index (χ0) is 17.6.